The van der Waals surface area contributed by atoms with E-state index in [0.717, 1.165) is 192 Å². The summed E-state index contributed by atoms with van der Waals surface area (Å²) in [7, 11) is 0. The fraction of sp³-hybridized carbons (Fsp3) is 0. The summed E-state index contributed by atoms with van der Waals surface area (Å²) in [6.45, 7) is 0. The number of hydrogen-bond acceptors (Lipinski definition) is 11. The van der Waals surface area contributed by atoms with Crippen LogP contribution in [0, 0.1) is 0 Å². The molecule has 0 atom stereocenters. The molecule has 0 unspecified atom stereocenters. The van der Waals surface area contributed by atoms with Crippen molar-refractivity contribution in [3.8, 4) is 96.9 Å². The summed E-state index contributed by atoms with van der Waals surface area (Å²) >= 11 is 0. The molecule has 0 aliphatic heterocycles. The molecule has 0 radical (unpaired) electrons. The van der Waals surface area contributed by atoms with Crippen molar-refractivity contribution < 1.29 is 13.3 Å². The summed E-state index contributed by atoms with van der Waals surface area (Å²) in [6, 6.07) is 146. The molecule has 0 aliphatic rings. The van der Waals surface area contributed by atoms with Gasteiger partial charge < -0.3 is 13.3 Å². The first-order valence-corrected chi connectivity index (χ1v) is 44.1. The first-order valence-electron chi connectivity index (χ1n) is 44.1. The van der Waals surface area contributed by atoms with Gasteiger partial charge in [0, 0.05) is 66.3 Å². The van der Waals surface area contributed by atoms with Crippen molar-refractivity contribution >= 4 is 164 Å². The molecule has 0 bridgehead atoms. The van der Waals surface area contributed by atoms with Gasteiger partial charge in [-0.3, -0.25) is 13.7 Å². The van der Waals surface area contributed by atoms with Gasteiger partial charge in [-0.25, -0.2) is 19.9 Å². The highest BCUT2D eigenvalue weighted by molar-refractivity contribution is 6.29. The fourth-order valence-electron chi connectivity index (χ4n) is 19.5. The molecule has 0 N–H and O–H groups in total. The Kier molecular flexibility index (Phi) is 17.6. The van der Waals surface area contributed by atoms with E-state index in [0.29, 0.717) is 41.1 Å². The van der Waals surface area contributed by atoms with Crippen molar-refractivity contribution in [1.29, 1.82) is 0 Å². The summed E-state index contributed by atoms with van der Waals surface area (Å²) in [6.07, 6.45) is 1.85. The van der Waals surface area contributed by atoms with Crippen LogP contribution in [0.4, 0.5) is 0 Å². The molecule has 14 nitrogen and oxygen atoms in total. The second kappa shape index (κ2) is 30.9. The lowest BCUT2D eigenvalue weighted by Crippen LogP contribution is -2.06. The normalized spacial score (nSPS) is 11.8. The molecule has 0 amide bonds. The number of fused-ring (bicyclic) bond motifs is 9. The van der Waals surface area contributed by atoms with Crippen LogP contribution in [0.1, 0.15) is 0 Å². The van der Waals surface area contributed by atoms with E-state index in [9.17, 15) is 0 Å². The SMILES string of the molecule is c1ccc(-c2ccc(-c3cccc(-c4ccnc(-n5c6cccc7oc8ccccc8c8cccc5c8c76)n4)c3)cc2)cc1.c1ccc(-c2nc(-c3ccc4ccccc4c3)nc(-n3c4cccc5oc6ccccc6c6cccc3c6c54)n2)cc1.c1ccc2cc(-c3nc(-c4ccc5ccccc5c4)nc(-n4c5cccc6oc7ccccc7c7cccc4c7c65)n3)ccc2c1. The predicted octanol–water partition coefficient (Wildman–Crippen LogP) is 30.3. The van der Waals surface area contributed by atoms with Crippen molar-refractivity contribution in [1.82, 2.24) is 53.6 Å². The van der Waals surface area contributed by atoms with Gasteiger partial charge in [-0.05, 0) is 174 Å². The number of benzene rings is 19. The molecule has 132 heavy (non-hydrogen) atoms. The van der Waals surface area contributed by atoms with Crippen LogP contribution in [0.3, 0.4) is 0 Å². The van der Waals surface area contributed by atoms with Gasteiger partial charge in [0.05, 0.1) is 55.0 Å². The molecule has 28 rings (SSSR count). The third-order valence-corrected chi connectivity index (χ3v) is 25.6. The fourth-order valence-corrected chi connectivity index (χ4v) is 19.5. The quantitative estimate of drug-likeness (QED) is 0.128. The van der Waals surface area contributed by atoms with E-state index in [1.807, 2.05) is 121 Å². The smallest absolute Gasteiger partial charge is 0.238 e. The maximum Gasteiger partial charge on any atom is 0.238 e. The first kappa shape index (κ1) is 75.2. The first-order chi connectivity index (χ1) is 65.4. The second-order valence-corrected chi connectivity index (χ2v) is 33.2. The molecule has 9 aromatic heterocycles. The van der Waals surface area contributed by atoms with Crippen LogP contribution in [0.25, 0.3) is 260 Å². The maximum absolute atomic E-state index is 6.57. The summed E-state index contributed by atoms with van der Waals surface area (Å²) in [5.41, 5.74) is 21.5. The zero-order chi connectivity index (χ0) is 86.9. The molecule has 0 saturated carbocycles. The Hall–Kier alpha value is -18.1. The highest BCUT2D eigenvalue weighted by atomic mass is 16.3. The van der Waals surface area contributed by atoms with E-state index in [1.165, 1.54) is 27.3 Å². The van der Waals surface area contributed by atoms with Crippen molar-refractivity contribution in [3.63, 3.8) is 0 Å². The van der Waals surface area contributed by atoms with Gasteiger partial charge in [0.1, 0.15) is 33.5 Å². The van der Waals surface area contributed by atoms with Gasteiger partial charge in [-0.2, -0.15) is 19.9 Å². The Morgan fingerprint density at radius 2 is 0.455 bits per heavy atom. The van der Waals surface area contributed by atoms with E-state index in [2.05, 4.69) is 323 Å². The zero-order valence-electron chi connectivity index (χ0n) is 70.6. The molecule has 0 fully saturated rings. The Morgan fingerprint density at radius 1 is 0.167 bits per heavy atom. The number of nitrogens with zero attached hydrogens (tertiary/aromatic N) is 11. The lowest BCUT2D eigenvalue weighted by molar-refractivity contribution is 0.663. The highest BCUT2D eigenvalue weighted by Crippen LogP contribution is 2.46. The third kappa shape index (κ3) is 12.7. The Labute approximate surface area is 753 Å². The lowest BCUT2D eigenvalue weighted by atomic mass is 9.98. The van der Waals surface area contributed by atoms with Crippen molar-refractivity contribution in [3.05, 3.63) is 431 Å². The minimum Gasteiger partial charge on any atom is -0.456 e. The highest BCUT2D eigenvalue weighted by Gasteiger charge is 2.27. The minimum absolute atomic E-state index is 0.560. The summed E-state index contributed by atoms with van der Waals surface area (Å²) < 4.78 is 26.1. The van der Waals surface area contributed by atoms with Crippen LogP contribution in [0.2, 0.25) is 0 Å². The molecule has 616 valence electrons. The van der Waals surface area contributed by atoms with Crippen LogP contribution in [0.5, 0.6) is 0 Å². The molecule has 0 saturated heterocycles. The average molecular weight is 1690 g/mol. The molecule has 0 aliphatic carbocycles. The minimum atomic E-state index is 0.560. The average Bonchev–Trinajstić information content (AvgIpc) is 1.56. The van der Waals surface area contributed by atoms with Crippen LogP contribution in [0.15, 0.2) is 444 Å². The Balaban J connectivity index is 0.000000104. The van der Waals surface area contributed by atoms with Crippen LogP contribution < -0.4 is 0 Å². The monoisotopic (exact) mass is 1690 g/mol. The van der Waals surface area contributed by atoms with Crippen molar-refractivity contribution in [2.24, 2.45) is 0 Å². The summed E-state index contributed by atoms with van der Waals surface area (Å²) in [4.78, 5) is 40.6. The number of hydrogen-bond donors (Lipinski definition) is 0. The molecule has 19 aromatic carbocycles. The second-order valence-electron chi connectivity index (χ2n) is 33.2. The number of aromatic nitrogens is 11. The predicted molar refractivity (Wildman–Crippen MR) is 537 cm³/mol. The van der Waals surface area contributed by atoms with E-state index in [1.54, 1.807) is 0 Å². The number of rotatable bonds is 10. The molecule has 28 aromatic rings. The van der Waals surface area contributed by atoms with Crippen LogP contribution in [-0.4, -0.2) is 53.6 Å². The third-order valence-electron chi connectivity index (χ3n) is 25.6. The number of para-hydroxylation sites is 3. The summed E-state index contributed by atoms with van der Waals surface area (Å²) in [5.74, 6) is 4.24. The van der Waals surface area contributed by atoms with Gasteiger partial charge in [0.25, 0.3) is 0 Å². The van der Waals surface area contributed by atoms with E-state index in [-0.39, 0.29) is 0 Å². The lowest BCUT2D eigenvalue weighted by Gasteiger charge is -2.12. The largest absolute Gasteiger partial charge is 0.456 e. The maximum atomic E-state index is 6.57. The van der Waals surface area contributed by atoms with Gasteiger partial charge >= 0.3 is 0 Å². The van der Waals surface area contributed by atoms with E-state index >= 15 is 0 Å². The van der Waals surface area contributed by atoms with Gasteiger partial charge in [0.15, 0.2) is 23.3 Å². The van der Waals surface area contributed by atoms with E-state index < -0.39 is 0 Å². The van der Waals surface area contributed by atoms with Crippen molar-refractivity contribution in [2.75, 3.05) is 0 Å². The zero-order valence-corrected chi connectivity index (χ0v) is 70.6. The molecular weight excluding hydrogens is 1620 g/mol. The van der Waals surface area contributed by atoms with Crippen LogP contribution >= 0.6 is 0 Å². The van der Waals surface area contributed by atoms with Gasteiger partial charge in [0.2, 0.25) is 17.8 Å². The van der Waals surface area contributed by atoms with Crippen LogP contribution in [-0.2, 0) is 0 Å². The molecule has 14 heteroatoms. The van der Waals surface area contributed by atoms with Crippen molar-refractivity contribution in [2.45, 2.75) is 0 Å². The Morgan fingerprint density at radius 3 is 0.871 bits per heavy atom. The van der Waals surface area contributed by atoms with E-state index in [4.69, 9.17) is 53.1 Å². The molecule has 9 heterocycles. The Bertz CT molecular complexity index is 9420. The van der Waals surface area contributed by atoms with Gasteiger partial charge in [-0.1, -0.05) is 322 Å². The molecular formula is C118H71N11O3. The molecule has 0 spiro atoms. The topological polar surface area (TPSA) is 157 Å². The standard InChI is InChI=1S/C41H24N4O.C40H25N3O.C37H22N4O/c1-3-11-27-23-29(21-19-25(27)9-1)39-42-40(30-22-20-26-10-2-4-12-28(26)24-30)44-41(43-39)45-33-15-7-14-32-31-13-5-6-17-35(31)46-36-18-8-16-34(45)38(36)37(32)33;1-2-9-26(10-3-1)27-19-21-28(22-20-27)29-11-6-12-30(25-29)33-23-24-41-40(42-33)43-34-15-7-14-32-31-13-4-5-17-36(31)44-37-18-8-16-35(43)39(37)38(32)34;1-2-11-24(12-3-1)35-38-36(26-21-20-23-10-4-5-13-25(23)22-26)40-37(39-35)41-29-16-8-15-28-27-14-6-7-18-31(27)42-32-19-9-17-30(41)34(32)33(28)29/h1-24H;1-25H;1-22H. The van der Waals surface area contributed by atoms with Gasteiger partial charge in [-0.15, -0.1) is 0 Å². The summed E-state index contributed by atoms with van der Waals surface area (Å²) in [5, 5.41) is 20.1.